The molecule has 0 spiro atoms. The number of hydrogen-bond acceptors (Lipinski definition) is 2. The van der Waals surface area contributed by atoms with Gasteiger partial charge >= 0.3 is 0 Å². The van der Waals surface area contributed by atoms with Crippen LogP contribution in [-0.2, 0) is 7.05 Å². The molecule has 4 nitrogen and oxygen atoms in total. The van der Waals surface area contributed by atoms with Crippen LogP contribution in [0.2, 0.25) is 0 Å². The lowest BCUT2D eigenvalue weighted by Crippen LogP contribution is -1.84. The summed E-state index contributed by atoms with van der Waals surface area (Å²) in [5.41, 5.74) is 4.25. The number of rotatable bonds is 1. The fraction of sp³-hybridized carbons (Fsp3) is 0.111. The number of aromatic amines is 1. The highest BCUT2D eigenvalue weighted by Gasteiger charge is 2.06. The van der Waals surface area contributed by atoms with Crippen molar-refractivity contribution in [1.82, 2.24) is 19.7 Å². The molecule has 2 heterocycles. The van der Waals surface area contributed by atoms with E-state index in [0.717, 1.165) is 22.2 Å². The summed E-state index contributed by atoms with van der Waals surface area (Å²) in [5, 5.41) is 4.16. The van der Waals surface area contributed by atoms with Crippen LogP contribution in [0.25, 0.3) is 22.2 Å². The second-order valence-corrected chi connectivity index (χ2v) is 5.51. The zero-order valence-corrected chi connectivity index (χ0v) is 17.3. The Kier molecular flexibility index (Phi) is 9.33. The quantitative estimate of drug-likeness (QED) is 0.643. The highest BCUT2D eigenvalue weighted by atomic mass is 15.2. The van der Waals surface area contributed by atoms with Crippen LogP contribution in [0.15, 0.2) is 36.9 Å². The van der Waals surface area contributed by atoms with E-state index in [1.807, 2.05) is 31.6 Å². The molecule has 3 rings (SSSR count). The van der Waals surface area contributed by atoms with Crippen molar-refractivity contribution in [2.24, 2.45) is 7.05 Å². The van der Waals surface area contributed by atoms with Crippen molar-refractivity contribution in [2.45, 2.75) is 13.8 Å². The van der Waals surface area contributed by atoms with E-state index in [0.29, 0.717) is 0 Å². The van der Waals surface area contributed by atoms with Gasteiger partial charge in [-0.25, -0.2) is 4.98 Å². The van der Waals surface area contributed by atoms with Gasteiger partial charge in [-0.2, -0.15) is 5.10 Å². The van der Waals surface area contributed by atoms with Crippen molar-refractivity contribution in [3.05, 3.63) is 36.9 Å². The van der Waals surface area contributed by atoms with Crippen molar-refractivity contribution in [3.8, 4) is 94.0 Å². The van der Waals surface area contributed by atoms with Crippen molar-refractivity contribution in [2.75, 3.05) is 0 Å². The molecular weight excluding hydrogens is 380 g/mol. The summed E-state index contributed by atoms with van der Waals surface area (Å²) in [6, 6.07) is 6.09. The summed E-state index contributed by atoms with van der Waals surface area (Å²) in [5.74, 6) is 35.6. The maximum atomic E-state index is 4.31. The van der Waals surface area contributed by atoms with E-state index in [4.69, 9.17) is 0 Å². The summed E-state index contributed by atoms with van der Waals surface area (Å²) in [6.07, 6.45) is 5.55. The van der Waals surface area contributed by atoms with E-state index in [1.165, 1.54) is 0 Å². The first kappa shape index (κ1) is 22.1. The van der Waals surface area contributed by atoms with Gasteiger partial charge in [-0.15, -0.1) is 0 Å². The number of aromatic nitrogens is 4. The molecule has 0 bridgehead atoms. The third-order valence-corrected chi connectivity index (χ3v) is 3.40. The number of benzene rings is 1. The van der Waals surface area contributed by atoms with Gasteiger partial charge in [-0.05, 0) is 91.0 Å². The van der Waals surface area contributed by atoms with Crippen molar-refractivity contribution >= 4 is 11.0 Å². The Balaban J connectivity index is 0.000000220. The van der Waals surface area contributed by atoms with Gasteiger partial charge in [-0.3, -0.25) is 4.68 Å². The molecule has 3 aromatic rings. The van der Waals surface area contributed by atoms with E-state index in [-0.39, 0.29) is 0 Å². The average molecular weight is 396 g/mol. The van der Waals surface area contributed by atoms with Crippen molar-refractivity contribution < 1.29 is 0 Å². The molecular formula is C27H16N4. The second-order valence-electron chi connectivity index (χ2n) is 5.51. The molecule has 31 heavy (non-hydrogen) atoms. The number of nitrogens with zero attached hydrogens (tertiary/aromatic N) is 3. The summed E-state index contributed by atoms with van der Waals surface area (Å²) < 4.78 is 1.79. The topological polar surface area (TPSA) is 46.5 Å². The lowest BCUT2D eigenvalue weighted by Gasteiger charge is -1.97. The fourth-order valence-electron chi connectivity index (χ4n) is 2.20. The van der Waals surface area contributed by atoms with Crippen LogP contribution in [0, 0.1) is 82.9 Å². The van der Waals surface area contributed by atoms with E-state index in [9.17, 15) is 0 Å². The zero-order chi connectivity index (χ0) is 22.2. The molecule has 1 aromatic carbocycles. The normalized spacial score (nSPS) is 7.32. The largest absolute Gasteiger partial charge is 0.345 e. The number of hydrogen-bond donors (Lipinski definition) is 1. The SMILES string of the molecule is CC#CC#CC#CC#CC#CC#CC#CC.Cn1cc(-c2cccc3[nH]cnc23)cn1. The van der Waals surface area contributed by atoms with Gasteiger partial charge in [0.2, 0.25) is 0 Å². The number of para-hydroxylation sites is 1. The van der Waals surface area contributed by atoms with Gasteiger partial charge in [0.25, 0.3) is 0 Å². The van der Waals surface area contributed by atoms with Crippen molar-refractivity contribution in [1.29, 1.82) is 0 Å². The monoisotopic (exact) mass is 396 g/mol. The van der Waals surface area contributed by atoms with Gasteiger partial charge in [0.05, 0.1) is 23.6 Å². The molecule has 0 aliphatic carbocycles. The Hall–Kier alpha value is -5.18. The highest BCUT2D eigenvalue weighted by Crippen LogP contribution is 2.25. The van der Waals surface area contributed by atoms with Crippen LogP contribution in [-0.4, -0.2) is 19.7 Å². The predicted molar refractivity (Wildman–Crippen MR) is 124 cm³/mol. The predicted octanol–water partition coefficient (Wildman–Crippen LogP) is 3.01. The molecule has 0 aliphatic heterocycles. The van der Waals surface area contributed by atoms with Crippen LogP contribution in [0.3, 0.4) is 0 Å². The lowest BCUT2D eigenvalue weighted by atomic mass is 10.1. The second kappa shape index (κ2) is 13.1. The zero-order valence-electron chi connectivity index (χ0n) is 17.3. The van der Waals surface area contributed by atoms with E-state index >= 15 is 0 Å². The molecule has 0 atom stereocenters. The van der Waals surface area contributed by atoms with E-state index < -0.39 is 0 Å². The number of imidazole rings is 1. The average Bonchev–Trinajstić information content (AvgIpc) is 3.44. The Bertz CT molecular complexity index is 1440. The minimum atomic E-state index is 0.991. The molecule has 0 radical (unpaired) electrons. The minimum absolute atomic E-state index is 0.991. The smallest absolute Gasteiger partial charge is 0.0961 e. The van der Waals surface area contributed by atoms with Gasteiger partial charge in [0.1, 0.15) is 0 Å². The molecule has 0 amide bonds. The minimum Gasteiger partial charge on any atom is -0.345 e. The summed E-state index contributed by atoms with van der Waals surface area (Å²) in [4.78, 5) is 7.41. The molecule has 1 N–H and O–H groups in total. The molecule has 0 saturated heterocycles. The first-order valence-corrected chi connectivity index (χ1v) is 9.01. The molecule has 0 aliphatic rings. The van der Waals surface area contributed by atoms with Crippen LogP contribution in [0.5, 0.6) is 0 Å². The number of nitrogens with one attached hydrogen (secondary N) is 1. The maximum Gasteiger partial charge on any atom is 0.0961 e. The van der Waals surface area contributed by atoms with Gasteiger partial charge in [0.15, 0.2) is 0 Å². The number of aryl methyl sites for hydroxylation is 1. The third kappa shape index (κ3) is 7.76. The molecule has 144 valence electrons. The maximum absolute atomic E-state index is 4.31. The molecule has 0 saturated carbocycles. The molecule has 4 heteroatoms. The van der Waals surface area contributed by atoms with Crippen molar-refractivity contribution in [3.63, 3.8) is 0 Å². The summed E-state index contributed by atoms with van der Waals surface area (Å²) in [6.45, 7) is 3.42. The van der Waals surface area contributed by atoms with Gasteiger partial charge in [0, 0.05) is 24.4 Å². The van der Waals surface area contributed by atoms with Gasteiger partial charge < -0.3 is 4.98 Å². The van der Waals surface area contributed by atoms with E-state index in [1.54, 1.807) is 24.9 Å². The number of fused-ring (bicyclic) bond motifs is 1. The molecule has 0 unspecified atom stereocenters. The van der Waals surface area contributed by atoms with Crippen LogP contribution < -0.4 is 0 Å². The Morgan fingerprint density at radius 2 is 1.32 bits per heavy atom. The van der Waals surface area contributed by atoms with Crippen LogP contribution >= 0.6 is 0 Å². The Morgan fingerprint density at radius 1 is 0.774 bits per heavy atom. The molecule has 0 fully saturated rings. The van der Waals surface area contributed by atoms with Crippen LogP contribution in [0.1, 0.15) is 13.8 Å². The number of H-pyrrole nitrogens is 1. The van der Waals surface area contributed by atoms with Crippen LogP contribution in [0.4, 0.5) is 0 Å². The molecule has 2 aromatic heterocycles. The van der Waals surface area contributed by atoms with Gasteiger partial charge in [-0.1, -0.05) is 24.0 Å². The summed E-state index contributed by atoms with van der Waals surface area (Å²) >= 11 is 0. The summed E-state index contributed by atoms with van der Waals surface area (Å²) in [7, 11) is 1.91. The Morgan fingerprint density at radius 3 is 1.81 bits per heavy atom. The standard InChI is InChI=1S/C16H6.C11H10N4/c1-3-5-7-9-11-13-15-16-14-12-10-8-6-4-2;1-15-6-8(5-14-15)9-3-2-4-10-11(9)13-7-12-10/h1-2H3;2-7H,1H3,(H,12,13). The van der Waals surface area contributed by atoms with E-state index in [2.05, 4.69) is 104 Å². The fourth-order valence-corrected chi connectivity index (χ4v) is 2.20. The Labute approximate surface area is 182 Å². The first-order chi connectivity index (χ1) is 15.3. The highest BCUT2D eigenvalue weighted by molar-refractivity contribution is 5.91. The first-order valence-electron chi connectivity index (χ1n) is 9.01. The third-order valence-electron chi connectivity index (χ3n) is 3.40. The lowest BCUT2D eigenvalue weighted by molar-refractivity contribution is 0.768.